The Morgan fingerprint density at radius 2 is 2.00 bits per heavy atom. The predicted molar refractivity (Wildman–Crippen MR) is 133 cm³/mol. The highest BCUT2D eigenvalue weighted by molar-refractivity contribution is 7.19. The average Bonchev–Trinajstić information content (AvgIpc) is 3.41. The fraction of sp³-hybridized carbons (Fsp3) is 0.280. The molecule has 3 aromatic heterocycles. The van der Waals surface area contributed by atoms with E-state index in [4.69, 9.17) is 10.1 Å². The van der Waals surface area contributed by atoms with Crippen molar-refractivity contribution in [1.82, 2.24) is 19.7 Å². The summed E-state index contributed by atoms with van der Waals surface area (Å²) in [4.78, 5) is 22.3. The second-order valence-electron chi connectivity index (χ2n) is 8.03. The number of benzene rings is 1. The van der Waals surface area contributed by atoms with Crippen molar-refractivity contribution in [3.8, 4) is 27.5 Å². The van der Waals surface area contributed by atoms with Crippen LogP contribution in [0.3, 0.4) is 0 Å². The van der Waals surface area contributed by atoms with Crippen LogP contribution in [0, 0.1) is 6.92 Å². The molecule has 0 fully saturated rings. The van der Waals surface area contributed by atoms with Crippen LogP contribution in [0.25, 0.3) is 27.5 Å². The maximum atomic E-state index is 12.0. The molecule has 0 radical (unpaired) electrons. The molecule has 1 aliphatic rings. The summed E-state index contributed by atoms with van der Waals surface area (Å²) in [5, 5.41) is 11.9. The fourth-order valence-corrected chi connectivity index (χ4v) is 5.24. The number of aryl methyl sites for hydroxylation is 2. The summed E-state index contributed by atoms with van der Waals surface area (Å²) < 4.78 is 2.04. The van der Waals surface area contributed by atoms with Gasteiger partial charge in [-0.3, -0.25) is 4.79 Å². The standard InChI is InChI=1S/C25H26N6OS/c1-4-21(32)29-25-28-18-12-11-17-22(16-10-13-20(26-5-2)27-14-16)30-31(23(17)24(18)33-25)19-9-7-6-8-15(19)3/h6-10,13-14H,4-5,11-12H2,1-3H3,(H,26,27)(H,28,29,32). The number of para-hydroxylation sites is 1. The molecular weight excluding hydrogens is 432 g/mol. The fourth-order valence-electron chi connectivity index (χ4n) is 4.16. The van der Waals surface area contributed by atoms with Gasteiger partial charge < -0.3 is 10.6 Å². The van der Waals surface area contributed by atoms with Crippen LogP contribution in [0.4, 0.5) is 10.9 Å². The number of anilines is 2. The molecule has 8 heteroatoms. The van der Waals surface area contributed by atoms with Gasteiger partial charge in [0.2, 0.25) is 5.91 Å². The lowest BCUT2D eigenvalue weighted by molar-refractivity contribution is -0.115. The molecule has 168 valence electrons. The summed E-state index contributed by atoms with van der Waals surface area (Å²) >= 11 is 1.52. The lowest BCUT2D eigenvalue weighted by Gasteiger charge is -2.15. The van der Waals surface area contributed by atoms with Crippen molar-refractivity contribution in [2.45, 2.75) is 40.0 Å². The first-order valence-corrected chi connectivity index (χ1v) is 12.1. The Morgan fingerprint density at radius 1 is 1.15 bits per heavy atom. The topological polar surface area (TPSA) is 84.7 Å². The minimum Gasteiger partial charge on any atom is -0.370 e. The van der Waals surface area contributed by atoms with Crippen LogP contribution in [0.1, 0.15) is 37.1 Å². The van der Waals surface area contributed by atoms with Crippen molar-refractivity contribution in [3.05, 3.63) is 59.4 Å². The number of nitrogens with zero attached hydrogens (tertiary/aromatic N) is 4. The Bertz CT molecular complexity index is 1320. The Labute approximate surface area is 196 Å². The maximum absolute atomic E-state index is 12.0. The van der Waals surface area contributed by atoms with Crippen LogP contribution in [0.2, 0.25) is 0 Å². The van der Waals surface area contributed by atoms with Crippen LogP contribution in [0.5, 0.6) is 0 Å². The first-order chi connectivity index (χ1) is 16.1. The summed E-state index contributed by atoms with van der Waals surface area (Å²) in [6.07, 6.45) is 3.97. The molecule has 0 aliphatic heterocycles. The molecule has 5 rings (SSSR count). The Morgan fingerprint density at radius 3 is 2.73 bits per heavy atom. The highest BCUT2D eigenvalue weighted by Crippen LogP contribution is 2.44. The molecule has 0 atom stereocenters. The first kappa shape index (κ1) is 21.3. The van der Waals surface area contributed by atoms with E-state index in [9.17, 15) is 4.79 Å². The van der Waals surface area contributed by atoms with Crippen molar-refractivity contribution in [2.24, 2.45) is 0 Å². The van der Waals surface area contributed by atoms with Crippen LogP contribution in [-0.4, -0.2) is 32.2 Å². The van der Waals surface area contributed by atoms with Gasteiger partial charge in [-0.25, -0.2) is 14.6 Å². The molecule has 0 spiro atoms. The number of aromatic nitrogens is 4. The average molecular weight is 459 g/mol. The summed E-state index contributed by atoms with van der Waals surface area (Å²) in [5.74, 6) is 0.829. The third kappa shape index (κ3) is 3.91. The van der Waals surface area contributed by atoms with Crippen LogP contribution in [-0.2, 0) is 17.6 Å². The van der Waals surface area contributed by atoms with Gasteiger partial charge >= 0.3 is 0 Å². The molecule has 7 nitrogen and oxygen atoms in total. The highest BCUT2D eigenvalue weighted by atomic mass is 32.1. The van der Waals surface area contributed by atoms with Gasteiger partial charge in [-0.05, 0) is 50.5 Å². The molecule has 3 heterocycles. The lowest BCUT2D eigenvalue weighted by atomic mass is 9.95. The van der Waals surface area contributed by atoms with E-state index in [1.807, 2.05) is 36.0 Å². The SMILES string of the molecule is CCNc1ccc(-c2nn(-c3ccccc3C)c3c2CCc2nc(NC(=O)CC)sc2-3)cn1. The third-order valence-corrected chi connectivity index (χ3v) is 6.83. The number of carbonyl (C=O) groups is 1. The van der Waals surface area contributed by atoms with Crippen molar-refractivity contribution in [3.63, 3.8) is 0 Å². The maximum Gasteiger partial charge on any atom is 0.225 e. The van der Waals surface area contributed by atoms with Crippen LogP contribution in [0.15, 0.2) is 42.6 Å². The predicted octanol–water partition coefficient (Wildman–Crippen LogP) is 5.25. The summed E-state index contributed by atoms with van der Waals surface area (Å²) in [6, 6.07) is 12.3. The van der Waals surface area contributed by atoms with Gasteiger partial charge in [-0.15, -0.1) is 0 Å². The molecule has 1 amide bonds. The molecule has 0 bridgehead atoms. The molecule has 33 heavy (non-hydrogen) atoms. The van der Waals surface area contributed by atoms with Gasteiger partial charge in [0.1, 0.15) is 5.82 Å². The van der Waals surface area contributed by atoms with E-state index >= 15 is 0 Å². The van der Waals surface area contributed by atoms with E-state index in [2.05, 4.69) is 47.7 Å². The Hall–Kier alpha value is -3.52. The lowest BCUT2D eigenvalue weighted by Crippen LogP contribution is -2.09. The van der Waals surface area contributed by atoms with Gasteiger partial charge in [-0.2, -0.15) is 5.10 Å². The first-order valence-electron chi connectivity index (χ1n) is 11.3. The second kappa shape index (κ2) is 8.78. The van der Waals surface area contributed by atoms with Crippen LogP contribution < -0.4 is 10.6 Å². The van der Waals surface area contributed by atoms with E-state index in [0.29, 0.717) is 11.6 Å². The number of thiazole rings is 1. The minimum absolute atomic E-state index is 0.0266. The summed E-state index contributed by atoms with van der Waals surface area (Å²) in [5.41, 5.74) is 7.39. The zero-order valence-corrected chi connectivity index (χ0v) is 19.8. The van der Waals surface area contributed by atoms with Gasteiger partial charge in [0.25, 0.3) is 0 Å². The quantitative estimate of drug-likeness (QED) is 0.412. The minimum atomic E-state index is -0.0266. The van der Waals surface area contributed by atoms with Crippen molar-refractivity contribution in [2.75, 3.05) is 17.2 Å². The van der Waals surface area contributed by atoms with Gasteiger partial charge in [0, 0.05) is 30.3 Å². The Kier molecular flexibility index (Phi) is 5.68. The molecule has 4 aromatic rings. The number of carbonyl (C=O) groups excluding carboxylic acids is 1. The van der Waals surface area contributed by atoms with E-state index in [1.165, 1.54) is 16.9 Å². The number of nitrogens with one attached hydrogen (secondary N) is 2. The van der Waals surface area contributed by atoms with E-state index in [1.54, 1.807) is 0 Å². The molecule has 0 unspecified atom stereocenters. The molecular formula is C25H26N6OS. The second-order valence-corrected chi connectivity index (χ2v) is 9.03. The molecule has 1 aliphatic carbocycles. The van der Waals surface area contributed by atoms with Gasteiger partial charge in [-0.1, -0.05) is 36.5 Å². The van der Waals surface area contributed by atoms with E-state index in [-0.39, 0.29) is 5.91 Å². The van der Waals surface area contributed by atoms with Crippen molar-refractivity contribution in [1.29, 1.82) is 0 Å². The molecule has 0 saturated carbocycles. The van der Waals surface area contributed by atoms with Crippen LogP contribution >= 0.6 is 11.3 Å². The largest absolute Gasteiger partial charge is 0.370 e. The molecule has 0 saturated heterocycles. The molecule has 2 N–H and O–H groups in total. The Balaban J connectivity index is 1.68. The monoisotopic (exact) mass is 458 g/mol. The number of hydrogen-bond acceptors (Lipinski definition) is 6. The number of pyridine rings is 1. The number of hydrogen-bond donors (Lipinski definition) is 2. The molecule has 1 aromatic carbocycles. The van der Waals surface area contributed by atoms with Gasteiger partial charge in [0.15, 0.2) is 5.13 Å². The number of fused-ring (bicyclic) bond motifs is 3. The smallest absolute Gasteiger partial charge is 0.225 e. The zero-order chi connectivity index (χ0) is 22.9. The summed E-state index contributed by atoms with van der Waals surface area (Å²) in [7, 11) is 0. The third-order valence-electron chi connectivity index (χ3n) is 5.81. The van der Waals surface area contributed by atoms with Gasteiger partial charge in [0.05, 0.1) is 27.6 Å². The van der Waals surface area contributed by atoms with E-state index in [0.717, 1.165) is 64.0 Å². The normalized spacial score (nSPS) is 12.2. The number of rotatable bonds is 6. The zero-order valence-electron chi connectivity index (χ0n) is 19.0. The van der Waals surface area contributed by atoms with E-state index < -0.39 is 0 Å². The van der Waals surface area contributed by atoms with Crippen molar-refractivity contribution < 1.29 is 4.79 Å². The highest BCUT2D eigenvalue weighted by Gasteiger charge is 2.30. The summed E-state index contributed by atoms with van der Waals surface area (Å²) in [6.45, 7) is 6.82. The van der Waals surface area contributed by atoms with Crippen molar-refractivity contribution >= 4 is 28.2 Å². The number of amides is 1.